The van der Waals surface area contributed by atoms with E-state index in [1.54, 1.807) is 15.9 Å². The summed E-state index contributed by atoms with van der Waals surface area (Å²) in [7, 11) is -2.53. The minimum absolute atomic E-state index is 0.0914. The molecule has 2 aromatic rings. The van der Waals surface area contributed by atoms with Crippen LogP contribution < -0.4 is 9.64 Å². The first kappa shape index (κ1) is 33.7. The van der Waals surface area contributed by atoms with E-state index in [4.69, 9.17) is 38.4 Å². The Morgan fingerprint density at radius 1 is 1.09 bits per heavy atom. The topological polar surface area (TPSA) is 126 Å². The molecule has 5 rings (SSSR count). The van der Waals surface area contributed by atoms with Gasteiger partial charge in [0.25, 0.3) is 5.91 Å². The number of halogens is 1. The highest BCUT2D eigenvalue weighted by Gasteiger charge is 2.43. The lowest BCUT2D eigenvalue weighted by Crippen LogP contribution is -2.52. The fraction of sp³-hybridized carbons (Fsp3) is 0.400. The first-order chi connectivity index (χ1) is 21.6. The number of thiocarbonyl (C=S) groups is 1. The number of rotatable bonds is 12. The number of carbonyl (C=O) groups is 1. The van der Waals surface area contributed by atoms with E-state index in [1.807, 2.05) is 36.2 Å². The number of hydrogen-bond acceptors (Lipinski definition) is 11. The molecule has 0 radical (unpaired) electrons. The van der Waals surface area contributed by atoms with E-state index in [0.717, 1.165) is 41.4 Å². The minimum Gasteiger partial charge on any atom is -0.744 e. The molecule has 1 N–H and O–H groups in total. The number of piperidine rings is 1. The van der Waals surface area contributed by atoms with E-state index in [0.29, 0.717) is 41.3 Å². The molecule has 2 aromatic carbocycles. The van der Waals surface area contributed by atoms with E-state index in [2.05, 4.69) is 4.90 Å². The fourth-order valence-electron chi connectivity index (χ4n) is 5.44. The van der Waals surface area contributed by atoms with Crippen LogP contribution in [0.3, 0.4) is 0 Å². The number of aliphatic hydroxyl groups is 1. The largest absolute Gasteiger partial charge is 0.744 e. The van der Waals surface area contributed by atoms with Crippen molar-refractivity contribution in [1.29, 1.82) is 0 Å². The Hall–Kier alpha value is -2.69. The van der Waals surface area contributed by atoms with Crippen molar-refractivity contribution in [2.75, 3.05) is 58.0 Å². The van der Waals surface area contributed by atoms with E-state index in [9.17, 15) is 17.8 Å². The van der Waals surface area contributed by atoms with Crippen molar-refractivity contribution in [3.05, 3.63) is 70.4 Å². The summed E-state index contributed by atoms with van der Waals surface area (Å²) in [6.07, 6.45) is 6.47. The number of fused-ring (bicyclic) bond motifs is 1. The van der Waals surface area contributed by atoms with E-state index < -0.39 is 10.1 Å². The smallest absolute Gasteiger partial charge is 0.278 e. The molecular formula is C30H34ClN4O7S3-. The number of nitrogens with zero attached hydrogens (tertiary/aromatic N) is 4. The van der Waals surface area contributed by atoms with Crippen molar-refractivity contribution >= 4 is 62.4 Å². The number of allylic oxidation sites excluding steroid dienone is 2. The van der Waals surface area contributed by atoms with Gasteiger partial charge in [-0.2, -0.15) is 0 Å². The van der Waals surface area contributed by atoms with Crippen molar-refractivity contribution in [2.45, 2.75) is 35.2 Å². The molecule has 3 aliphatic heterocycles. The second kappa shape index (κ2) is 14.8. The summed E-state index contributed by atoms with van der Waals surface area (Å²) >= 11 is 13.7. The van der Waals surface area contributed by atoms with Gasteiger partial charge >= 0.3 is 0 Å². The van der Waals surface area contributed by atoms with Gasteiger partial charge in [0.1, 0.15) is 28.2 Å². The van der Waals surface area contributed by atoms with Crippen LogP contribution in [0, 0.1) is 0 Å². The number of benzene rings is 2. The van der Waals surface area contributed by atoms with Crippen LogP contribution in [-0.4, -0.2) is 103 Å². The maximum absolute atomic E-state index is 13.9. The zero-order valence-electron chi connectivity index (χ0n) is 24.6. The molecule has 0 aromatic heterocycles. The highest BCUT2D eigenvalue weighted by molar-refractivity contribution is 8.03. The minimum atomic E-state index is -4.54. The number of thioether (sulfide) groups is 1. The van der Waals surface area contributed by atoms with Crippen LogP contribution in [0.25, 0.3) is 0 Å². The van der Waals surface area contributed by atoms with Crippen LogP contribution in [0.5, 0.6) is 5.75 Å². The van der Waals surface area contributed by atoms with Crippen molar-refractivity contribution in [3.8, 4) is 5.75 Å². The summed E-state index contributed by atoms with van der Waals surface area (Å²) in [6, 6.07) is 10.9. The summed E-state index contributed by atoms with van der Waals surface area (Å²) in [6.45, 7) is 2.30. The molecule has 1 amide bonds. The molecular weight excluding hydrogens is 660 g/mol. The zero-order chi connectivity index (χ0) is 32.1. The fourth-order valence-corrected chi connectivity index (χ4v) is 7.54. The molecule has 15 heteroatoms. The molecule has 1 atom stereocenters. The summed E-state index contributed by atoms with van der Waals surface area (Å²) in [5, 5.41) is 11.0. The predicted octanol–water partition coefficient (Wildman–Crippen LogP) is 3.84. The molecule has 0 spiro atoms. The van der Waals surface area contributed by atoms with Gasteiger partial charge in [-0.1, -0.05) is 23.4 Å². The van der Waals surface area contributed by atoms with Gasteiger partial charge in [0.2, 0.25) is 0 Å². The Morgan fingerprint density at radius 3 is 2.56 bits per heavy atom. The second-order valence-electron chi connectivity index (χ2n) is 10.6. The third kappa shape index (κ3) is 7.83. The van der Waals surface area contributed by atoms with Crippen LogP contribution >= 0.6 is 35.6 Å². The van der Waals surface area contributed by atoms with Gasteiger partial charge in [-0.15, -0.1) is 0 Å². The average Bonchev–Trinajstić information content (AvgIpc) is 3.46. The number of anilines is 1. The lowest BCUT2D eigenvalue weighted by Gasteiger charge is -2.38. The molecule has 0 bridgehead atoms. The molecule has 242 valence electrons. The maximum Gasteiger partial charge on any atom is 0.278 e. The number of carbonyl (C=O) groups excluding carboxylic acids is 1. The number of aliphatic hydroxyl groups excluding tert-OH is 1. The summed E-state index contributed by atoms with van der Waals surface area (Å²) in [5.74, 6) is 0.254. The quantitative estimate of drug-likeness (QED) is 0.150. The third-order valence-corrected chi connectivity index (χ3v) is 10.3. The van der Waals surface area contributed by atoms with Gasteiger partial charge in [0.05, 0.1) is 48.1 Å². The molecule has 0 aliphatic carbocycles. The van der Waals surface area contributed by atoms with E-state index >= 15 is 0 Å². The molecule has 45 heavy (non-hydrogen) atoms. The lowest BCUT2D eigenvalue weighted by atomic mass is 10.1. The van der Waals surface area contributed by atoms with Crippen molar-refractivity contribution in [3.63, 3.8) is 0 Å². The van der Waals surface area contributed by atoms with E-state index in [-0.39, 0.29) is 36.8 Å². The van der Waals surface area contributed by atoms with Gasteiger partial charge in [-0.25, -0.2) is 8.42 Å². The van der Waals surface area contributed by atoms with Crippen LogP contribution in [0.4, 0.5) is 5.69 Å². The van der Waals surface area contributed by atoms with E-state index in [1.165, 1.54) is 36.0 Å². The van der Waals surface area contributed by atoms with Gasteiger partial charge in [0.15, 0.2) is 5.11 Å². The first-order valence-electron chi connectivity index (χ1n) is 14.5. The normalized spacial score (nSPS) is 21.0. The van der Waals surface area contributed by atoms with Crippen molar-refractivity contribution < 1.29 is 32.3 Å². The first-order valence-corrected chi connectivity index (χ1v) is 17.5. The number of amides is 1. The molecule has 3 heterocycles. The highest BCUT2D eigenvalue weighted by atomic mass is 35.5. The maximum atomic E-state index is 13.9. The van der Waals surface area contributed by atoms with Gasteiger partial charge in [0, 0.05) is 16.5 Å². The summed E-state index contributed by atoms with van der Waals surface area (Å²) in [4.78, 5) is 22.3. The Morgan fingerprint density at radius 2 is 1.84 bits per heavy atom. The number of likely N-dealkylation sites (tertiary alicyclic amines) is 1. The second-order valence-corrected chi connectivity index (χ2v) is 13.8. The summed E-state index contributed by atoms with van der Waals surface area (Å²) in [5.41, 5.74) is 1.33. The number of ether oxygens (including phenoxy) is 2. The molecule has 0 saturated carbocycles. The van der Waals surface area contributed by atoms with Gasteiger partial charge in [-0.05, 0) is 99.7 Å². The van der Waals surface area contributed by atoms with Crippen LogP contribution in [0.1, 0.15) is 19.3 Å². The van der Waals surface area contributed by atoms with Crippen LogP contribution in [0.15, 0.2) is 75.1 Å². The lowest BCUT2D eigenvalue weighted by molar-refractivity contribution is -0.127. The highest BCUT2D eigenvalue weighted by Crippen LogP contribution is 2.47. The third-order valence-electron chi connectivity index (χ3n) is 7.66. The Labute approximate surface area is 277 Å². The summed E-state index contributed by atoms with van der Waals surface area (Å²) < 4.78 is 45.1. The zero-order valence-corrected chi connectivity index (χ0v) is 27.8. The molecule has 2 fully saturated rings. The van der Waals surface area contributed by atoms with Gasteiger partial charge < -0.3 is 28.9 Å². The van der Waals surface area contributed by atoms with Crippen LogP contribution in [-0.2, 0) is 19.6 Å². The standard InChI is InChI=1S/C30H35ClN4O7S3/c1-32-13-3-2-4-27(32)35-29(37)24(34(30(35)43)14-17-41-19-16-36)10-12-28-33(25-20-21(31)5-11-26(25)44-28)15-18-42-22-6-8-23(9-7-22)45(38,39)40/h5-12,20,27,36H,2-4,13-19H2,1H3,(H,38,39,40)/p-1/b24-10+,28-12?. The van der Waals surface area contributed by atoms with Crippen molar-refractivity contribution in [1.82, 2.24) is 14.7 Å². The monoisotopic (exact) mass is 693 g/mol. The molecule has 1 unspecified atom stereocenters. The van der Waals surface area contributed by atoms with Crippen LogP contribution in [0.2, 0.25) is 5.02 Å². The number of hydrogen-bond donors (Lipinski definition) is 1. The molecule has 2 saturated heterocycles. The van der Waals surface area contributed by atoms with Crippen molar-refractivity contribution in [2.24, 2.45) is 0 Å². The average molecular weight is 694 g/mol. The Balaban J connectivity index is 1.39. The predicted molar refractivity (Wildman–Crippen MR) is 175 cm³/mol. The Bertz CT molecular complexity index is 1590. The SMILES string of the molecule is CN1CCCCC1N1C(=O)/C(=C\C=C2Sc3ccc(Cl)cc3N2CCOc2ccc(S(=O)(=O)[O-])cc2)N(CCOCCO)C1=S. The molecule has 3 aliphatic rings. The molecule has 11 nitrogen and oxygen atoms in total. The Kier molecular flexibility index (Phi) is 11.1. The van der Waals surface area contributed by atoms with Gasteiger partial charge in [-0.3, -0.25) is 14.6 Å².